The molecular weight excluding hydrogens is 254 g/mol. The van der Waals surface area contributed by atoms with Gasteiger partial charge in [-0.3, -0.25) is 10.1 Å². The van der Waals surface area contributed by atoms with Crippen LogP contribution in [0.3, 0.4) is 0 Å². The summed E-state index contributed by atoms with van der Waals surface area (Å²) in [6.45, 7) is 3.77. The number of hydrogen-bond donors (Lipinski definition) is 2. The molecule has 1 heterocycles. The molecule has 0 atom stereocenters. The first kappa shape index (κ1) is 14.7. The van der Waals surface area contributed by atoms with Gasteiger partial charge in [-0.2, -0.15) is 9.40 Å². The van der Waals surface area contributed by atoms with Crippen molar-refractivity contribution in [3.8, 4) is 0 Å². The van der Waals surface area contributed by atoms with E-state index in [2.05, 4.69) is 5.10 Å². The number of sulfonamides is 1. The van der Waals surface area contributed by atoms with Crippen LogP contribution in [0, 0.1) is 5.41 Å². The van der Waals surface area contributed by atoms with Gasteiger partial charge in [-0.25, -0.2) is 8.42 Å². The smallest absolute Gasteiger partial charge is 0.260 e. The molecule has 3 N–H and O–H groups in total. The van der Waals surface area contributed by atoms with Crippen LogP contribution in [-0.4, -0.2) is 40.9 Å². The molecule has 0 aliphatic carbocycles. The summed E-state index contributed by atoms with van der Waals surface area (Å²) in [7, 11) is -2.02. The summed E-state index contributed by atoms with van der Waals surface area (Å²) in [4.78, 5) is 0. The van der Waals surface area contributed by atoms with E-state index in [-0.39, 0.29) is 29.9 Å². The fourth-order valence-electron chi connectivity index (χ4n) is 1.62. The summed E-state index contributed by atoms with van der Waals surface area (Å²) >= 11 is 0. The average molecular weight is 273 g/mol. The lowest BCUT2D eigenvalue weighted by Crippen LogP contribution is -2.39. The predicted octanol–water partition coefficient (Wildman–Crippen LogP) is 0.145. The Bertz CT molecular complexity index is 520. The van der Waals surface area contributed by atoms with Crippen LogP contribution in [0.15, 0.2) is 17.3 Å². The molecule has 1 aromatic heterocycles. The number of aryl methyl sites for hydroxylation is 1. The van der Waals surface area contributed by atoms with Gasteiger partial charge in [-0.1, -0.05) is 0 Å². The SMILES string of the molecule is CC(C)N(CCC(=N)N)S(=O)(=O)c1ccnn1C. The van der Waals surface area contributed by atoms with E-state index in [0.717, 1.165) is 0 Å². The minimum absolute atomic E-state index is 0.0270. The molecule has 7 nitrogen and oxygen atoms in total. The molecule has 0 aliphatic rings. The van der Waals surface area contributed by atoms with E-state index < -0.39 is 10.0 Å². The molecule has 1 rings (SSSR count). The molecule has 0 saturated heterocycles. The maximum absolute atomic E-state index is 12.4. The number of aromatic nitrogens is 2. The highest BCUT2D eigenvalue weighted by Gasteiger charge is 2.29. The van der Waals surface area contributed by atoms with Gasteiger partial charge in [-0.15, -0.1) is 0 Å². The number of rotatable bonds is 6. The first-order valence-corrected chi connectivity index (χ1v) is 7.03. The van der Waals surface area contributed by atoms with E-state index in [0.29, 0.717) is 0 Å². The molecule has 102 valence electrons. The lowest BCUT2D eigenvalue weighted by molar-refractivity contribution is 0.358. The second kappa shape index (κ2) is 5.49. The Morgan fingerprint density at radius 2 is 2.22 bits per heavy atom. The lowest BCUT2D eigenvalue weighted by atomic mass is 10.3. The van der Waals surface area contributed by atoms with Crippen LogP contribution >= 0.6 is 0 Å². The Kier molecular flexibility index (Phi) is 4.47. The van der Waals surface area contributed by atoms with Crippen LogP contribution in [0.25, 0.3) is 0 Å². The van der Waals surface area contributed by atoms with Crippen molar-refractivity contribution < 1.29 is 8.42 Å². The first-order chi connectivity index (χ1) is 8.26. The van der Waals surface area contributed by atoms with E-state index in [1.54, 1.807) is 20.9 Å². The molecule has 18 heavy (non-hydrogen) atoms. The van der Waals surface area contributed by atoms with Crippen LogP contribution < -0.4 is 5.73 Å². The van der Waals surface area contributed by atoms with Crippen molar-refractivity contribution in [2.75, 3.05) is 6.54 Å². The zero-order valence-corrected chi connectivity index (χ0v) is 11.6. The van der Waals surface area contributed by atoms with Crippen LogP contribution in [0.2, 0.25) is 0 Å². The molecule has 0 saturated carbocycles. The highest BCUT2D eigenvalue weighted by molar-refractivity contribution is 7.89. The van der Waals surface area contributed by atoms with Crippen molar-refractivity contribution in [1.82, 2.24) is 14.1 Å². The molecule has 0 fully saturated rings. The summed E-state index contributed by atoms with van der Waals surface area (Å²) in [5.41, 5.74) is 5.28. The fourth-order valence-corrected chi connectivity index (χ4v) is 3.36. The van der Waals surface area contributed by atoms with Gasteiger partial charge in [0.15, 0.2) is 5.03 Å². The van der Waals surface area contributed by atoms with Gasteiger partial charge in [-0.05, 0) is 19.9 Å². The van der Waals surface area contributed by atoms with Gasteiger partial charge >= 0.3 is 0 Å². The van der Waals surface area contributed by atoms with Crippen molar-refractivity contribution in [3.05, 3.63) is 12.3 Å². The fraction of sp³-hybridized carbons (Fsp3) is 0.600. The van der Waals surface area contributed by atoms with Gasteiger partial charge in [0.2, 0.25) is 0 Å². The predicted molar refractivity (Wildman–Crippen MR) is 68.8 cm³/mol. The Labute approximate surface area is 107 Å². The Balaban J connectivity index is 3.05. The maximum atomic E-state index is 12.4. The van der Waals surface area contributed by atoms with Crippen molar-refractivity contribution >= 4 is 15.9 Å². The minimum atomic E-state index is -3.60. The third kappa shape index (κ3) is 3.08. The third-order valence-corrected chi connectivity index (χ3v) is 4.68. The third-order valence-electron chi connectivity index (χ3n) is 2.53. The molecular formula is C10H19N5O2S. The Morgan fingerprint density at radius 3 is 2.61 bits per heavy atom. The topological polar surface area (TPSA) is 105 Å². The summed E-state index contributed by atoms with van der Waals surface area (Å²) in [5, 5.41) is 11.2. The normalized spacial score (nSPS) is 12.3. The van der Waals surface area contributed by atoms with E-state index in [1.807, 2.05) is 0 Å². The molecule has 0 unspecified atom stereocenters. The monoisotopic (exact) mass is 273 g/mol. The molecule has 1 aromatic rings. The van der Waals surface area contributed by atoms with Crippen molar-refractivity contribution in [2.24, 2.45) is 12.8 Å². The second-order valence-electron chi connectivity index (χ2n) is 4.28. The highest BCUT2D eigenvalue weighted by atomic mass is 32.2. The van der Waals surface area contributed by atoms with E-state index in [1.165, 1.54) is 21.3 Å². The van der Waals surface area contributed by atoms with Gasteiger partial charge in [0.05, 0.1) is 12.0 Å². The molecule has 0 spiro atoms. The zero-order chi connectivity index (χ0) is 13.9. The van der Waals surface area contributed by atoms with Crippen LogP contribution in [0.4, 0.5) is 0 Å². The Hall–Kier alpha value is -1.41. The van der Waals surface area contributed by atoms with Crippen molar-refractivity contribution in [1.29, 1.82) is 5.41 Å². The largest absolute Gasteiger partial charge is 0.388 e. The number of hydrogen-bond acceptors (Lipinski definition) is 4. The molecule has 0 aliphatic heterocycles. The first-order valence-electron chi connectivity index (χ1n) is 5.59. The van der Waals surface area contributed by atoms with Crippen LogP contribution in [-0.2, 0) is 17.1 Å². The number of amidine groups is 1. The Morgan fingerprint density at radius 1 is 1.61 bits per heavy atom. The average Bonchev–Trinajstić information content (AvgIpc) is 2.63. The summed E-state index contributed by atoms with van der Waals surface area (Å²) in [5.74, 6) is -0.0270. The summed E-state index contributed by atoms with van der Waals surface area (Å²) in [6.07, 6.45) is 1.66. The number of nitrogens with two attached hydrogens (primary N) is 1. The van der Waals surface area contributed by atoms with Gasteiger partial charge in [0, 0.05) is 26.1 Å². The van der Waals surface area contributed by atoms with Gasteiger partial charge in [0.25, 0.3) is 10.0 Å². The highest BCUT2D eigenvalue weighted by Crippen LogP contribution is 2.17. The molecule has 0 aromatic carbocycles. The van der Waals surface area contributed by atoms with Gasteiger partial charge < -0.3 is 5.73 Å². The minimum Gasteiger partial charge on any atom is -0.388 e. The van der Waals surface area contributed by atoms with E-state index >= 15 is 0 Å². The van der Waals surface area contributed by atoms with Crippen molar-refractivity contribution in [2.45, 2.75) is 31.3 Å². The lowest BCUT2D eigenvalue weighted by Gasteiger charge is -2.25. The number of nitrogens with one attached hydrogen (secondary N) is 1. The van der Waals surface area contributed by atoms with E-state index in [4.69, 9.17) is 11.1 Å². The molecule has 0 bridgehead atoms. The number of nitrogens with zero attached hydrogens (tertiary/aromatic N) is 3. The molecule has 0 radical (unpaired) electrons. The van der Waals surface area contributed by atoms with Crippen molar-refractivity contribution in [3.63, 3.8) is 0 Å². The summed E-state index contributed by atoms with van der Waals surface area (Å²) < 4.78 is 27.5. The second-order valence-corrected chi connectivity index (χ2v) is 6.12. The summed E-state index contributed by atoms with van der Waals surface area (Å²) in [6, 6.07) is 1.25. The zero-order valence-electron chi connectivity index (χ0n) is 10.8. The molecule has 0 amide bonds. The molecule has 8 heteroatoms. The van der Waals surface area contributed by atoms with Crippen LogP contribution in [0.5, 0.6) is 0 Å². The van der Waals surface area contributed by atoms with Crippen LogP contribution in [0.1, 0.15) is 20.3 Å². The maximum Gasteiger partial charge on any atom is 0.260 e. The quantitative estimate of drug-likeness (QED) is 0.568. The van der Waals surface area contributed by atoms with Gasteiger partial charge in [0.1, 0.15) is 0 Å². The van der Waals surface area contributed by atoms with E-state index in [9.17, 15) is 8.42 Å². The standard InChI is InChI=1S/C10H19N5O2S/c1-8(2)15(7-5-9(11)12)18(16,17)10-4-6-13-14(10)3/h4,6,8H,5,7H2,1-3H3,(H3,11,12).